The van der Waals surface area contributed by atoms with Crippen molar-refractivity contribution in [1.29, 1.82) is 0 Å². The predicted octanol–water partition coefficient (Wildman–Crippen LogP) is 4.02. The fourth-order valence-corrected chi connectivity index (χ4v) is 2.34. The number of aryl methyl sites for hydroxylation is 2. The highest BCUT2D eigenvalue weighted by molar-refractivity contribution is 6.07. The van der Waals surface area contributed by atoms with Crippen LogP contribution in [0.15, 0.2) is 30.3 Å². The first-order chi connectivity index (χ1) is 10.9. The van der Waals surface area contributed by atoms with Gasteiger partial charge in [0.2, 0.25) is 0 Å². The lowest BCUT2D eigenvalue weighted by atomic mass is 10.1. The van der Waals surface area contributed by atoms with Gasteiger partial charge in [-0.05, 0) is 45.1 Å². The molecule has 23 heavy (non-hydrogen) atoms. The van der Waals surface area contributed by atoms with Crippen LogP contribution in [0, 0.1) is 13.8 Å². The number of aromatic nitrogens is 2. The third kappa shape index (κ3) is 4.03. The van der Waals surface area contributed by atoms with Gasteiger partial charge in [0.1, 0.15) is 5.75 Å². The summed E-state index contributed by atoms with van der Waals surface area (Å²) in [6.07, 6.45) is 3.12. The van der Waals surface area contributed by atoms with Gasteiger partial charge >= 0.3 is 6.61 Å². The van der Waals surface area contributed by atoms with E-state index in [0.29, 0.717) is 0 Å². The van der Waals surface area contributed by atoms with E-state index in [2.05, 4.69) is 9.84 Å². The molecule has 1 aromatic carbocycles. The molecule has 1 aromatic heterocycles. The van der Waals surface area contributed by atoms with Gasteiger partial charge in [0.25, 0.3) is 0 Å². The lowest BCUT2D eigenvalue weighted by Gasteiger charge is -2.05. The molecule has 2 rings (SSSR count). The smallest absolute Gasteiger partial charge is 0.387 e. The number of allylic oxidation sites excluding steroid dienone is 1. The molecule has 6 heteroatoms. The number of hydrogen-bond acceptors (Lipinski definition) is 3. The second kappa shape index (κ2) is 7.17. The number of rotatable bonds is 6. The first-order valence-corrected chi connectivity index (χ1v) is 7.23. The maximum atomic E-state index is 12.2. The SMILES string of the molecule is CCn1nc(C)c(C=CC(=O)c2cccc(OC(F)F)c2)c1C. The molecule has 0 aliphatic heterocycles. The van der Waals surface area contributed by atoms with Crippen LogP contribution in [0.2, 0.25) is 0 Å². The van der Waals surface area contributed by atoms with Crippen molar-refractivity contribution in [3.63, 3.8) is 0 Å². The van der Waals surface area contributed by atoms with E-state index in [4.69, 9.17) is 0 Å². The van der Waals surface area contributed by atoms with Crippen LogP contribution < -0.4 is 4.74 Å². The maximum Gasteiger partial charge on any atom is 0.387 e. The zero-order valence-electron chi connectivity index (χ0n) is 13.2. The van der Waals surface area contributed by atoms with Crippen molar-refractivity contribution in [1.82, 2.24) is 9.78 Å². The first-order valence-electron chi connectivity index (χ1n) is 7.23. The van der Waals surface area contributed by atoms with Crippen molar-refractivity contribution in [3.05, 3.63) is 52.9 Å². The Labute approximate surface area is 133 Å². The van der Waals surface area contributed by atoms with Crippen molar-refractivity contribution in [2.24, 2.45) is 0 Å². The molecule has 0 fully saturated rings. The number of halogens is 2. The van der Waals surface area contributed by atoms with Gasteiger partial charge in [0, 0.05) is 23.4 Å². The molecule has 1 heterocycles. The van der Waals surface area contributed by atoms with Gasteiger partial charge in [-0.25, -0.2) is 0 Å². The van der Waals surface area contributed by atoms with Crippen LogP contribution in [0.5, 0.6) is 5.75 Å². The highest BCUT2D eigenvalue weighted by atomic mass is 19.3. The van der Waals surface area contributed by atoms with E-state index < -0.39 is 6.61 Å². The minimum atomic E-state index is -2.92. The first kappa shape index (κ1) is 16.9. The molecule has 2 aromatic rings. The van der Waals surface area contributed by atoms with Gasteiger partial charge in [0.05, 0.1) is 5.69 Å². The monoisotopic (exact) mass is 320 g/mol. The van der Waals surface area contributed by atoms with Crippen molar-refractivity contribution in [2.45, 2.75) is 33.9 Å². The summed E-state index contributed by atoms with van der Waals surface area (Å²) < 4.78 is 30.6. The number of benzene rings is 1. The summed E-state index contributed by atoms with van der Waals surface area (Å²) in [7, 11) is 0. The summed E-state index contributed by atoms with van der Waals surface area (Å²) in [6, 6.07) is 5.74. The number of nitrogens with zero attached hydrogens (tertiary/aromatic N) is 2. The quantitative estimate of drug-likeness (QED) is 0.596. The van der Waals surface area contributed by atoms with Crippen LogP contribution in [0.1, 0.15) is 34.2 Å². The Bertz CT molecular complexity index is 736. The lowest BCUT2D eigenvalue weighted by molar-refractivity contribution is -0.0498. The molecule has 0 atom stereocenters. The summed E-state index contributed by atoms with van der Waals surface area (Å²) in [5, 5.41) is 4.38. The molecule has 0 N–H and O–H groups in total. The zero-order chi connectivity index (χ0) is 17.0. The van der Waals surface area contributed by atoms with Crippen molar-refractivity contribution < 1.29 is 18.3 Å². The molecule has 0 unspecified atom stereocenters. The molecule has 0 bridgehead atoms. The van der Waals surface area contributed by atoms with E-state index in [9.17, 15) is 13.6 Å². The van der Waals surface area contributed by atoms with E-state index in [1.54, 1.807) is 12.1 Å². The van der Waals surface area contributed by atoms with E-state index in [1.807, 2.05) is 25.5 Å². The predicted molar refractivity (Wildman–Crippen MR) is 83.8 cm³/mol. The Morgan fingerprint density at radius 2 is 2.13 bits per heavy atom. The molecule has 4 nitrogen and oxygen atoms in total. The van der Waals surface area contributed by atoms with E-state index in [0.717, 1.165) is 23.5 Å². The Kier molecular flexibility index (Phi) is 5.26. The fraction of sp³-hybridized carbons (Fsp3) is 0.294. The number of carbonyl (C=O) groups excluding carboxylic acids is 1. The highest BCUT2D eigenvalue weighted by Gasteiger charge is 2.10. The second-order valence-electron chi connectivity index (χ2n) is 5.00. The topological polar surface area (TPSA) is 44.1 Å². The molecule has 0 saturated heterocycles. The maximum absolute atomic E-state index is 12.2. The summed E-state index contributed by atoms with van der Waals surface area (Å²) in [5.41, 5.74) is 2.99. The van der Waals surface area contributed by atoms with Gasteiger partial charge in [-0.1, -0.05) is 12.1 Å². The van der Waals surface area contributed by atoms with Crippen LogP contribution in [0.25, 0.3) is 6.08 Å². The zero-order valence-corrected chi connectivity index (χ0v) is 13.2. The Balaban J connectivity index is 2.20. The largest absolute Gasteiger partial charge is 0.435 e. The van der Waals surface area contributed by atoms with Gasteiger partial charge in [-0.2, -0.15) is 13.9 Å². The van der Waals surface area contributed by atoms with E-state index in [1.165, 1.54) is 24.3 Å². The number of hydrogen-bond donors (Lipinski definition) is 0. The number of carbonyl (C=O) groups is 1. The average molecular weight is 320 g/mol. The van der Waals surface area contributed by atoms with Crippen LogP contribution in [0.3, 0.4) is 0 Å². The molecular weight excluding hydrogens is 302 g/mol. The van der Waals surface area contributed by atoms with Crippen molar-refractivity contribution in [2.75, 3.05) is 0 Å². The van der Waals surface area contributed by atoms with Crippen molar-refractivity contribution in [3.8, 4) is 5.75 Å². The molecular formula is C17H18F2N2O2. The van der Waals surface area contributed by atoms with Crippen LogP contribution >= 0.6 is 0 Å². The van der Waals surface area contributed by atoms with Gasteiger partial charge in [-0.15, -0.1) is 0 Å². The fourth-order valence-electron chi connectivity index (χ4n) is 2.34. The van der Waals surface area contributed by atoms with Gasteiger partial charge < -0.3 is 4.74 Å². The molecule has 122 valence electrons. The lowest BCUT2D eigenvalue weighted by Crippen LogP contribution is -2.03. The van der Waals surface area contributed by atoms with Crippen LogP contribution in [-0.2, 0) is 6.54 Å². The molecule has 0 saturated carbocycles. The number of ketones is 1. The number of alkyl halides is 2. The standard InChI is InChI=1S/C17H18F2N2O2/c1-4-21-12(3)15(11(2)20-21)8-9-16(22)13-6-5-7-14(10-13)23-17(18)19/h5-10,17H,4H2,1-3H3. The highest BCUT2D eigenvalue weighted by Crippen LogP contribution is 2.18. The van der Waals surface area contributed by atoms with Gasteiger partial charge in [-0.3, -0.25) is 9.48 Å². The van der Waals surface area contributed by atoms with E-state index in [-0.39, 0.29) is 17.1 Å². The normalized spacial score (nSPS) is 11.4. The number of ether oxygens (including phenoxy) is 1. The molecule has 0 radical (unpaired) electrons. The third-order valence-electron chi connectivity index (χ3n) is 3.48. The second-order valence-corrected chi connectivity index (χ2v) is 5.00. The van der Waals surface area contributed by atoms with Crippen LogP contribution in [-0.4, -0.2) is 22.2 Å². The Hall–Kier alpha value is -2.50. The minimum absolute atomic E-state index is 0.0367. The average Bonchev–Trinajstić information content (AvgIpc) is 2.78. The minimum Gasteiger partial charge on any atom is -0.435 e. The summed E-state index contributed by atoms with van der Waals surface area (Å²) in [5.74, 6) is -0.321. The van der Waals surface area contributed by atoms with Crippen LogP contribution in [0.4, 0.5) is 8.78 Å². The van der Waals surface area contributed by atoms with E-state index >= 15 is 0 Å². The Morgan fingerprint density at radius 1 is 1.39 bits per heavy atom. The van der Waals surface area contributed by atoms with Gasteiger partial charge in [0.15, 0.2) is 5.78 Å². The Morgan fingerprint density at radius 3 is 2.74 bits per heavy atom. The molecule has 0 aliphatic carbocycles. The summed E-state index contributed by atoms with van der Waals surface area (Å²) >= 11 is 0. The summed E-state index contributed by atoms with van der Waals surface area (Å²) in [4.78, 5) is 12.2. The summed E-state index contributed by atoms with van der Waals surface area (Å²) in [6.45, 7) is 3.64. The molecule has 0 spiro atoms. The third-order valence-corrected chi connectivity index (χ3v) is 3.48. The molecule has 0 aliphatic rings. The van der Waals surface area contributed by atoms with Crippen molar-refractivity contribution >= 4 is 11.9 Å². The molecule has 0 amide bonds.